The number of rotatable bonds is 9. The highest BCUT2D eigenvalue weighted by atomic mass is 16.6. The minimum absolute atomic E-state index is 0.330. The Hall–Kier alpha value is -3.15. The molecule has 0 unspecified atom stereocenters. The SMILES string of the molecule is CCCCCCc1ccc(C2=NO[C@H](C(=O)N3C(=O)OC(C)(C)[C@@H]3Cc3ccccc3)C2)cc1. The molecule has 6 nitrogen and oxygen atoms in total. The van der Waals surface area contributed by atoms with Crippen molar-refractivity contribution in [1.29, 1.82) is 0 Å². The van der Waals surface area contributed by atoms with Gasteiger partial charge in [0.2, 0.25) is 6.10 Å². The van der Waals surface area contributed by atoms with E-state index in [1.165, 1.54) is 36.1 Å². The Morgan fingerprint density at radius 1 is 1.03 bits per heavy atom. The van der Waals surface area contributed by atoms with Gasteiger partial charge in [0.1, 0.15) is 5.60 Å². The predicted octanol–water partition coefficient (Wildman–Crippen LogP) is 5.67. The molecule has 2 atom stereocenters. The molecule has 0 aromatic heterocycles. The molecule has 2 aromatic carbocycles. The number of imide groups is 1. The number of benzene rings is 2. The van der Waals surface area contributed by atoms with Crippen LogP contribution in [0, 0.1) is 0 Å². The number of aryl methyl sites for hydroxylation is 1. The molecule has 2 aliphatic heterocycles. The minimum atomic E-state index is -0.830. The van der Waals surface area contributed by atoms with Crippen LogP contribution < -0.4 is 0 Å². The summed E-state index contributed by atoms with van der Waals surface area (Å²) in [5.41, 5.74) is 3.21. The predicted molar refractivity (Wildman–Crippen MR) is 132 cm³/mol. The molecular formula is C28H34N2O4. The summed E-state index contributed by atoms with van der Waals surface area (Å²) in [4.78, 5) is 32.8. The van der Waals surface area contributed by atoms with Crippen molar-refractivity contribution in [2.45, 2.75) is 83.5 Å². The van der Waals surface area contributed by atoms with Gasteiger partial charge in [-0.3, -0.25) is 4.79 Å². The lowest BCUT2D eigenvalue weighted by atomic mass is 9.91. The third-order valence-electron chi connectivity index (χ3n) is 6.72. The molecule has 0 aliphatic carbocycles. The normalized spacial score (nSPS) is 21.2. The highest BCUT2D eigenvalue weighted by molar-refractivity contribution is 6.06. The number of hydrogen-bond donors (Lipinski definition) is 0. The summed E-state index contributed by atoms with van der Waals surface area (Å²) in [6.07, 6.45) is 5.42. The number of carbonyl (C=O) groups is 2. The van der Waals surface area contributed by atoms with Crippen molar-refractivity contribution >= 4 is 17.7 Å². The van der Waals surface area contributed by atoms with Gasteiger partial charge in [0, 0.05) is 6.42 Å². The topological polar surface area (TPSA) is 68.2 Å². The molecule has 4 rings (SSSR count). The van der Waals surface area contributed by atoms with E-state index in [1.807, 2.05) is 56.3 Å². The number of amides is 2. The van der Waals surface area contributed by atoms with Crippen LogP contribution in [-0.4, -0.2) is 40.4 Å². The van der Waals surface area contributed by atoms with Crippen LogP contribution in [0.25, 0.3) is 0 Å². The number of unbranched alkanes of at least 4 members (excludes halogenated alkanes) is 3. The van der Waals surface area contributed by atoms with Gasteiger partial charge >= 0.3 is 6.09 Å². The summed E-state index contributed by atoms with van der Waals surface area (Å²) in [5, 5.41) is 4.18. The lowest BCUT2D eigenvalue weighted by Gasteiger charge is -2.28. The van der Waals surface area contributed by atoms with E-state index < -0.39 is 29.7 Å². The van der Waals surface area contributed by atoms with Gasteiger partial charge in [0.05, 0.1) is 11.8 Å². The Kier molecular flexibility index (Phi) is 7.35. The molecule has 1 fully saturated rings. The van der Waals surface area contributed by atoms with Crippen molar-refractivity contribution in [1.82, 2.24) is 4.90 Å². The molecule has 0 N–H and O–H groups in total. The lowest BCUT2D eigenvalue weighted by molar-refractivity contribution is -0.140. The van der Waals surface area contributed by atoms with E-state index >= 15 is 0 Å². The monoisotopic (exact) mass is 462 g/mol. The maximum atomic E-state index is 13.4. The van der Waals surface area contributed by atoms with Crippen molar-refractivity contribution in [2.75, 3.05) is 0 Å². The lowest BCUT2D eigenvalue weighted by Crippen LogP contribution is -2.49. The fraction of sp³-hybridized carbons (Fsp3) is 0.464. The average molecular weight is 463 g/mol. The first-order chi connectivity index (χ1) is 16.4. The fourth-order valence-electron chi connectivity index (χ4n) is 4.65. The van der Waals surface area contributed by atoms with Gasteiger partial charge in [0.15, 0.2) is 0 Å². The zero-order valence-corrected chi connectivity index (χ0v) is 20.3. The first-order valence-electron chi connectivity index (χ1n) is 12.3. The molecule has 0 spiro atoms. The van der Waals surface area contributed by atoms with Gasteiger partial charge < -0.3 is 9.57 Å². The number of carbonyl (C=O) groups excluding carboxylic acids is 2. The van der Waals surface area contributed by atoms with Crippen LogP contribution in [0.15, 0.2) is 59.8 Å². The highest BCUT2D eigenvalue weighted by Crippen LogP contribution is 2.33. The van der Waals surface area contributed by atoms with Gasteiger partial charge in [-0.05, 0) is 49.8 Å². The largest absolute Gasteiger partial charge is 0.441 e. The standard InChI is InChI=1S/C28H34N2O4/c1-4-5-6-8-11-20-14-16-22(17-15-20)23-19-24(34-29-23)26(31)30-25(28(2,3)33-27(30)32)18-21-12-9-7-10-13-21/h7,9-10,12-17,24-25H,4-6,8,11,18-19H2,1-3H3/t24-,25-/m0/s1. The van der Waals surface area contributed by atoms with E-state index in [9.17, 15) is 9.59 Å². The molecule has 180 valence electrons. The smallest absolute Gasteiger partial charge is 0.417 e. The Bertz CT molecular complexity index is 1030. The third kappa shape index (κ3) is 5.32. The molecule has 0 saturated carbocycles. The van der Waals surface area contributed by atoms with Gasteiger partial charge in [-0.15, -0.1) is 0 Å². The Morgan fingerprint density at radius 3 is 2.47 bits per heavy atom. The van der Waals surface area contributed by atoms with E-state index in [4.69, 9.17) is 9.57 Å². The van der Waals surface area contributed by atoms with Gasteiger partial charge in [0.25, 0.3) is 5.91 Å². The fourth-order valence-corrected chi connectivity index (χ4v) is 4.65. The summed E-state index contributed by atoms with van der Waals surface area (Å²) in [7, 11) is 0. The number of hydrogen-bond acceptors (Lipinski definition) is 5. The second-order valence-corrected chi connectivity index (χ2v) is 9.73. The Morgan fingerprint density at radius 2 is 1.76 bits per heavy atom. The van der Waals surface area contributed by atoms with Gasteiger partial charge in [-0.1, -0.05) is 85.9 Å². The van der Waals surface area contributed by atoms with Crippen molar-refractivity contribution in [3.63, 3.8) is 0 Å². The third-order valence-corrected chi connectivity index (χ3v) is 6.72. The van der Waals surface area contributed by atoms with E-state index in [2.05, 4.69) is 24.2 Å². The molecule has 34 heavy (non-hydrogen) atoms. The minimum Gasteiger partial charge on any atom is -0.441 e. The first-order valence-corrected chi connectivity index (χ1v) is 12.3. The number of nitrogens with zero attached hydrogens (tertiary/aromatic N) is 2. The molecule has 2 amide bonds. The Balaban J connectivity index is 1.40. The summed E-state index contributed by atoms with van der Waals surface area (Å²) < 4.78 is 5.57. The number of oxime groups is 1. The average Bonchev–Trinajstić information content (AvgIpc) is 3.40. The molecular weight excluding hydrogens is 428 g/mol. The van der Waals surface area contributed by atoms with Crippen LogP contribution >= 0.6 is 0 Å². The summed E-state index contributed by atoms with van der Waals surface area (Å²) >= 11 is 0. The molecule has 2 aromatic rings. The molecule has 2 aliphatic rings. The van der Waals surface area contributed by atoms with Crippen molar-refractivity contribution < 1.29 is 19.2 Å². The quantitative estimate of drug-likeness (QED) is 0.450. The van der Waals surface area contributed by atoms with Crippen LogP contribution in [-0.2, 0) is 27.2 Å². The summed E-state index contributed by atoms with van der Waals surface area (Å²) in [6, 6.07) is 17.7. The van der Waals surface area contributed by atoms with Crippen molar-refractivity contribution in [3.8, 4) is 0 Å². The van der Waals surface area contributed by atoms with Crippen molar-refractivity contribution in [2.24, 2.45) is 5.16 Å². The van der Waals surface area contributed by atoms with E-state index in [1.54, 1.807) is 0 Å². The van der Waals surface area contributed by atoms with E-state index in [-0.39, 0.29) is 0 Å². The number of ether oxygens (including phenoxy) is 1. The molecule has 6 heteroatoms. The summed E-state index contributed by atoms with van der Waals surface area (Å²) in [6.45, 7) is 5.90. The van der Waals surface area contributed by atoms with Crippen LogP contribution in [0.3, 0.4) is 0 Å². The van der Waals surface area contributed by atoms with Crippen LogP contribution in [0.1, 0.15) is 69.6 Å². The maximum absolute atomic E-state index is 13.4. The zero-order valence-electron chi connectivity index (χ0n) is 20.3. The van der Waals surface area contributed by atoms with E-state index in [0.717, 1.165) is 23.3 Å². The molecule has 2 heterocycles. The maximum Gasteiger partial charge on any atom is 0.417 e. The summed E-state index contributed by atoms with van der Waals surface area (Å²) in [5.74, 6) is -0.400. The van der Waals surface area contributed by atoms with Crippen molar-refractivity contribution in [3.05, 3.63) is 71.3 Å². The van der Waals surface area contributed by atoms with Crippen LogP contribution in [0.5, 0.6) is 0 Å². The second-order valence-electron chi connectivity index (χ2n) is 9.73. The molecule has 0 radical (unpaired) electrons. The molecule has 0 bridgehead atoms. The Labute approximate surface area is 201 Å². The zero-order chi connectivity index (χ0) is 24.1. The van der Waals surface area contributed by atoms with Gasteiger partial charge in [-0.2, -0.15) is 0 Å². The highest BCUT2D eigenvalue weighted by Gasteiger charge is 2.52. The number of cyclic esters (lactones) is 1. The van der Waals surface area contributed by atoms with Crippen LogP contribution in [0.2, 0.25) is 0 Å². The second kappa shape index (κ2) is 10.4. The van der Waals surface area contributed by atoms with Gasteiger partial charge in [-0.25, -0.2) is 9.69 Å². The molecule has 1 saturated heterocycles. The van der Waals surface area contributed by atoms with Crippen LogP contribution in [0.4, 0.5) is 4.79 Å². The first kappa shape index (κ1) is 24.0. The van der Waals surface area contributed by atoms with E-state index in [0.29, 0.717) is 12.8 Å².